The number of hydrogen-bond donors (Lipinski definition) is 4. The number of carbonyl (C=O) groups excluding carboxylic acids is 5. The van der Waals surface area contributed by atoms with Crippen molar-refractivity contribution in [3.8, 4) is 0 Å². The van der Waals surface area contributed by atoms with Crippen molar-refractivity contribution in [2.24, 2.45) is 23.2 Å². The van der Waals surface area contributed by atoms with Gasteiger partial charge in [-0.3, -0.25) is 19.2 Å². The summed E-state index contributed by atoms with van der Waals surface area (Å²) in [6, 6.07) is 6.18. The van der Waals surface area contributed by atoms with Crippen LogP contribution in [0.1, 0.15) is 104 Å². The largest absolute Gasteiger partial charge is 0.346 e. The predicted molar refractivity (Wildman–Crippen MR) is 203 cm³/mol. The number of likely N-dealkylation sites (tertiary alicyclic amines) is 1. The minimum absolute atomic E-state index is 0.00636. The van der Waals surface area contributed by atoms with Gasteiger partial charge in [0.2, 0.25) is 17.6 Å². The number of Topliss-reactive ketones (excluding diaryl/α,β-unsaturated/α-hetero) is 1. The highest BCUT2D eigenvalue weighted by atomic mass is 32.2. The number of fused-ring (bicyclic) bond motifs is 1. The third-order valence-corrected chi connectivity index (χ3v) is 14.4. The second-order valence-corrected chi connectivity index (χ2v) is 20.6. The number of hydrogen-bond acceptors (Lipinski definition) is 7. The molecular formula is C40H59N5O7S. The number of urea groups is 1. The highest BCUT2D eigenvalue weighted by molar-refractivity contribution is 7.92. The van der Waals surface area contributed by atoms with Crippen molar-refractivity contribution in [3.05, 3.63) is 48.6 Å². The number of nitrogens with one attached hydrogen (secondary N) is 4. The lowest BCUT2D eigenvalue weighted by molar-refractivity contribution is -0.144. The molecule has 12 nitrogen and oxygen atoms in total. The van der Waals surface area contributed by atoms with Crippen molar-refractivity contribution in [2.45, 2.75) is 127 Å². The summed E-state index contributed by atoms with van der Waals surface area (Å²) >= 11 is 0. The molecule has 0 bridgehead atoms. The van der Waals surface area contributed by atoms with Crippen LogP contribution in [0.5, 0.6) is 0 Å². The molecule has 53 heavy (non-hydrogen) atoms. The van der Waals surface area contributed by atoms with Crippen LogP contribution in [-0.4, -0.2) is 90.1 Å². The second kappa shape index (κ2) is 15.5. The first-order valence-corrected chi connectivity index (χ1v) is 20.8. The zero-order valence-electron chi connectivity index (χ0n) is 32.2. The van der Waals surface area contributed by atoms with Gasteiger partial charge in [0.15, 0.2) is 9.84 Å². The smallest absolute Gasteiger partial charge is 0.315 e. The van der Waals surface area contributed by atoms with Crippen LogP contribution in [0.4, 0.5) is 4.79 Å². The maximum atomic E-state index is 14.7. The third kappa shape index (κ3) is 9.32. The number of rotatable bonds is 14. The van der Waals surface area contributed by atoms with E-state index >= 15 is 0 Å². The fourth-order valence-electron chi connectivity index (χ4n) is 8.23. The van der Waals surface area contributed by atoms with Crippen molar-refractivity contribution in [1.29, 1.82) is 0 Å². The van der Waals surface area contributed by atoms with E-state index in [1.807, 2.05) is 51.1 Å². The monoisotopic (exact) mass is 753 g/mol. The molecule has 4 N–H and O–H groups in total. The molecule has 4 fully saturated rings. The SMILES string of the molecule is C=CCNC(=O)C(=O)C(CC1CC1)NC(=O)[C@@H]1C2[C@@H](c3ccccc3)[C@H]2CN1C(=O)[C@@H](NC(=O)NC1(CS(=O)(=O)C(C)(C)C)CCCCC1)C(C)(C)C. The molecule has 1 saturated heterocycles. The fourth-order valence-corrected chi connectivity index (χ4v) is 9.75. The number of ketones is 1. The number of nitrogens with zero attached hydrogens (tertiary/aromatic N) is 1. The van der Waals surface area contributed by atoms with E-state index in [0.29, 0.717) is 19.3 Å². The molecule has 6 atom stereocenters. The zero-order chi connectivity index (χ0) is 38.9. The van der Waals surface area contributed by atoms with Gasteiger partial charge in [-0.2, -0.15) is 0 Å². The highest BCUT2D eigenvalue weighted by Crippen LogP contribution is 2.61. The fraction of sp³-hybridized carbons (Fsp3) is 0.675. The Morgan fingerprint density at radius 1 is 0.962 bits per heavy atom. The van der Waals surface area contributed by atoms with Crippen LogP contribution in [0.3, 0.4) is 0 Å². The maximum Gasteiger partial charge on any atom is 0.315 e. The first kappa shape index (κ1) is 40.4. The van der Waals surface area contributed by atoms with Gasteiger partial charge in [0.1, 0.15) is 12.1 Å². The van der Waals surface area contributed by atoms with E-state index in [1.165, 1.54) is 11.0 Å². The molecule has 5 rings (SSSR count). The number of sulfone groups is 1. The number of piperidine rings is 1. The molecule has 3 saturated carbocycles. The number of amides is 5. The van der Waals surface area contributed by atoms with Gasteiger partial charge in [0, 0.05) is 19.0 Å². The van der Waals surface area contributed by atoms with Gasteiger partial charge in [-0.15, -0.1) is 6.58 Å². The highest BCUT2D eigenvalue weighted by Gasteiger charge is 2.65. The quantitative estimate of drug-likeness (QED) is 0.164. The van der Waals surface area contributed by atoms with Crippen LogP contribution in [0, 0.1) is 23.2 Å². The molecule has 0 spiro atoms. The molecule has 2 unspecified atom stereocenters. The van der Waals surface area contributed by atoms with Crippen LogP contribution in [0.15, 0.2) is 43.0 Å². The van der Waals surface area contributed by atoms with Gasteiger partial charge in [-0.05, 0) is 68.8 Å². The Balaban J connectivity index is 1.39. The minimum Gasteiger partial charge on any atom is -0.346 e. The molecule has 4 aliphatic rings. The average Bonchev–Trinajstić information content (AvgIpc) is 4.00. The molecule has 292 valence electrons. The summed E-state index contributed by atoms with van der Waals surface area (Å²) in [6.45, 7) is 14.5. The summed E-state index contributed by atoms with van der Waals surface area (Å²) in [5, 5.41) is 11.3. The van der Waals surface area contributed by atoms with Gasteiger partial charge in [-0.1, -0.05) is 89.3 Å². The molecule has 0 aromatic heterocycles. The molecule has 1 heterocycles. The van der Waals surface area contributed by atoms with E-state index in [4.69, 9.17) is 0 Å². The number of benzene rings is 1. The van der Waals surface area contributed by atoms with Crippen LogP contribution in [0.25, 0.3) is 0 Å². The Morgan fingerprint density at radius 3 is 2.17 bits per heavy atom. The molecule has 3 aliphatic carbocycles. The van der Waals surface area contributed by atoms with Crippen LogP contribution in [-0.2, 0) is 29.0 Å². The second-order valence-electron chi connectivity index (χ2n) is 17.8. The standard InChI is InChI=1S/C40H59N5O7S/c1-8-21-41-35(48)32(46)28(22-25-17-18-25)42-34(47)31-30-27(29(30)26-15-11-9-12-16-26)23-45(31)36(49)33(38(2,3)4)43-37(50)44-40(19-13-10-14-20-40)24-53(51,52)39(5,6)7/h8-9,11-12,15-16,25,27-31,33H,1,10,13-14,17-24H2,2-7H3,(H,41,48)(H,42,47)(H2,43,44,50)/t27-,28?,29+,30?,31+,33-/m1/s1. The lowest BCUT2D eigenvalue weighted by atomic mass is 9.83. The summed E-state index contributed by atoms with van der Waals surface area (Å²) in [6.07, 6.45) is 7.14. The summed E-state index contributed by atoms with van der Waals surface area (Å²) in [4.78, 5) is 70.5. The summed E-state index contributed by atoms with van der Waals surface area (Å²) in [7, 11) is -3.58. The van der Waals surface area contributed by atoms with E-state index in [2.05, 4.69) is 27.8 Å². The molecule has 1 aromatic carbocycles. The van der Waals surface area contributed by atoms with Gasteiger partial charge in [0.05, 0.1) is 22.1 Å². The van der Waals surface area contributed by atoms with Crippen LogP contribution in [0.2, 0.25) is 0 Å². The molecule has 1 aliphatic heterocycles. The summed E-state index contributed by atoms with van der Waals surface area (Å²) in [5.41, 5.74) is -0.692. The van der Waals surface area contributed by atoms with E-state index in [-0.39, 0.29) is 42.5 Å². The van der Waals surface area contributed by atoms with Crippen LogP contribution < -0.4 is 21.3 Å². The van der Waals surface area contributed by atoms with E-state index < -0.39 is 73.2 Å². The van der Waals surface area contributed by atoms with Crippen molar-refractivity contribution >= 4 is 39.4 Å². The Morgan fingerprint density at radius 2 is 1.60 bits per heavy atom. The molecule has 0 radical (unpaired) electrons. The number of carbonyl (C=O) groups is 5. The minimum atomic E-state index is -3.58. The lowest BCUT2D eigenvalue weighted by Crippen LogP contribution is -2.64. The van der Waals surface area contributed by atoms with Gasteiger partial charge in [0.25, 0.3) is 5.91 Å². The Hall–Kier alpha value is -3.74. The Bertz CT molecular complexity index is 1670. The third-order valence-electron chi connectivity index (χ3n) is 11.6. The van der Waals surface area contributed by atoms with E-state index in [0.717, 1.165) is 37.7 Å². The van der Waals surface area contributed by atoms with Crippen molar-refractivity contribution < 1.29 is 32.4 Å². The average molecular weight is 754 g/mol. The van der Waals surface area contributed by atoms with Crippen molar-refractivity contribution in [2.75, 3.05) is 18.8 Å². The van der Waals surface area contributed by atoms with Crippen molar-refractivity contribution in [3.63, 3.8) is 0 Å². The Labute approximate surface area is 315 Å². The summed E-state index contributed by atoms with van der Waals surface area (Å²) in [5.74, 6) is -2.61. The molecule has 5 amide bonds. The molecule has 13 heteroatoms. The van der Waals surface area contributed by atoms with Gasteiger partial charge in [-0.25, -0.2) is 13.2 Å². The van der Waals surface area contributed by atoms with E-state index in [1.54, 1.807) is 20.8 Å². The van der Waals surface area contributed by atoms with Crippen LogP contribution >= 0.6 is 0 Å². The van der Waals surface area contributed by atoms with E-state index in [9.17, 15) is 32.4 Å². The normalized spacial score (nSPS) is 24.9. The lowest BCUT2D eigenvalue weighted by Gasteiger charge is -2.41. The first-order valence-electron chi connectivity index (χ1n) is 19.2. The van der Waals surface area contributed by atoms with Crippen molar-refractivity contribution in [1.82, 2.24) is 26.2 Å². The van der Waals surface area contributed by atoms with Gasteiger partial charge < -0.3 is 26.2 Å². The predicted octanol–water partition coefficient (Wildman–Crippen LogP) is 4.01. The molecular weight excluding hydrogens is 695 g/mol. The van der Waals surface area contributed by atoms with Gasteiger partial charge >= 0.3 is 6.03 Å². The maximum absolute atomic E-state index is 14.7. The zero-order valence-corrected chi connectivity index (χ0v) is 33.0. The summed E-state index contributed by atoms with van der Waals surface area (Å²) < 4.78 is 25.8. The molecule has 1 aromatic rings. The topological polar surface area (TPSA) is 171 Å². The Kier molecular flexibility index (Phi) is 11.9. The first-order chi connectivity index (χ1) is 24.8.